The van der Waals surface area contributed by atoms with Crippen LogP contribution in [0.4, 0.5) is 0 Å². The van der Waals surface area contributed by atoms with Crippen LogP contribution in [0.2, 0.25) is 0 Å². The van der Waals surface area contributed by atoms with E-state index < -0.39 is 0 Å². The van der Waals surface area contributed by atoms with E-state index in [0.717, 1.165) is 36.3 Å². The molecule has 144 valence electrons. The van der Waals surface area contributed by atoms with Crippen molar-refractivity contribution in [3.8, 4) is 17.1 Å². The van der Waals surface area contributed by atoms with Gasteiger partial charge in [-0.1, -0.05) is 42.5 Å². The van der Waals surface area contributed by atoms with Gasteiger partial charge in [0.15, 0.2) is 0 Å². The number of ether oxygens (including phenoxy) is 1. The normalized spacial score (nSPS) is 16.3. The van der Waals surface area contributed by atoms with Gasteiger partial charge < -0.3 is 9.64 Å². The van der Waals surface area contributed by atoms with Gasteiger partial charge in [-0.2, -0.15) is 4.80 Å². The minimum absolute atomic E-state index is 0.00777. The topological polar surface area (TPSA) is 73.1 Å². The highest BCUT2D eigenvalue weighted by Crippen LogP contribution is 2.33. The van der Waals surface area contributed by atoms with Gasteiger partial charge >= 0.3 is 0 Å². The number of hydrogen-bond donors (Lipinski definition) is 0. The van der Waals surface area contributed by atoms with Crippen LogP contribution in [0.1, 0.15) is 31.4 Å². The summed E-state index contributed by atoms with van der Waals surface area (Å²) in [4.78, 5) is 16.2. The molecule has 0 radical (unpaired) electrons. The van der Waals surface area contributed by atoms with Crippen molar-refractivity contribution in [2.75, 3.05) is 13.2 Å². The Kier molecular flexibility index (Phi) is 5.32. The molecule has 2 aromatic carbocycles. The lowest BCUT2D eigenvalue weighted by atomic mass is 10.0. The summed E-state index contributed by atoms with van der Waals surface area (Å²) in [5, 5.41) is 12.5. The highest BCUT2D eigenvalue weighted by Gasteiger charge is 2.30. The van der Waals surface area contributed by atoms with E-state index in [-0.39, 0.29) is 18.5 Å². The number of likely N-dealkylation sites (tertiary alicyclic amines) is 1. The van der Waals surface area contributed by atoms with Gasteiger partial charge in [-0.05, 0) is 42.7 Å². The Bertz CT molecular complexity index is 923. The molecule has 1 saturated heterocycles. The molecule has 0 unspecified atom stereocenters. The van der Waals surface area contributed by atoms with Crippen LogP contribution < -0.4 is 4.74 Å². The fourth-order valence-corrected chi connectivity index (χ4v) is 3.59. The number of carbonyl (C=O) groups excluding carboxylic acids is 1. The Morgan fingerprint density at radius 3 is 2.68 bits per heavy atom. The summed E-state index contributed by atoms with van der Waals surface area (Å²) >= 11 is 0. The standard InChI is InChI=1S/C21H23N5O2/c1-2-28-18-12-10-16(11-13-18)19-9-6-14-25(19)20(27)15-26-23-21(22-24-26)17-7-4-3-5-8-17/h3-5,7-8,10-13,19H,2,6,9,14-15H2,1H3/t19-/m0/s1. The van der Waals surface area contributed by atoms with Gasteiger partial charge in [0.05, 0.1) is 12.6 Å². The maximum absolute atomic E-state index is 12.9. The van der Waals surface area contributed by atoms with E-state index in [0.29, 0.717) is 12.4 Å². The molecular formula is C21H23N5O2. The molecule has 1 fully saturated rings. The number of nitrogens with zero attached hydrogens (tertiary/aromatic N) is 5. The maximum Gasteiger partial charge on any atom is 0.246 e. The largest absolute Gasteiger partial charge is 0.494 e. The second-order valence-electron chi connectivity index (χ2n) is 6.76. The third kappa shape index (κ3) is 3.88. The molecular weight excluding hydrogens is 354 g/mol. The Hall–Kier alpha value is -3.22. The molecule has 28 heavy (non-hydrogen) atoms. The summed E-state index contributed by atoms with van der Waals surface area (Å²) in [6.45, 7) is 3.44. The van der Waals surface area contributed by atoms with Gasteiger partial charge in [0.2, 0.25) is 11.7 Å². The average molecular weight is 377 g/mol. The molecule has 1 aliphatic rings. The van der Waals surface area contributed by atoms with Crippen molar-refractivity contribution in [2.24, 2.45) is 0 Å². The molecule has 0 N–H and O–H groups in total. The van der Waals surface area contributed by atoms with Gasteiger partial charge in [-0.3, -0.25) is 4.79 Å². The molecule has 0 saturated carbocycles. The van der Waals surface area contributed by atoms with E-state index in [1.54, 1.807) is 0 Å². The maximum atomic E-state index is 12.9. The van der Waals surface area contributed by atoms with Crippen LogP contribution in [0, 0.1) is 0 Å². The fraction of sp³-hybridized carbons (Fsp3) is 0.333. The van der Waals surface area contributed by atoms with Crippen LogP contribution in [-0.2, 0) is 11.3 Å². The molecule has 0 spiro atoms. The monoisotopic (exact) mass is 377 g/mol. The van der Waals surface area contributed by atoms with Crippen LogP contribution in [0.5, 0.6) is 5.75 Å². The molecule has 1 aromatic heterocycles. The fourth-order valence-electron chi connectivity index (χ4n) is 3.59. The molecule has 1 aliphatic heterocycles. The zero-order chi connectivity index (χ0) is 19.3. The quantitative estimate of drug-likeness (QED) is 0.660. The molecule has 7 heteroatoms. The van der Waals surface area contributed by atoms with Crippen molar-refractivity contribution in [3.63, 3.8) is 0 Å². The first kappa shape index (κ1) is 18.2. The van der Waals surface area contributed by atoms with Gasteiger partial charge in [-0.15, -0.1) is 10.2 Å². The molecule has 1 atom stereocenters. The Morgan fingerprint density at radius 1 is 1.14 bits per heavy atom. The van der Waals surface area contributed by atoms with E-state index in [1.807, 2.05) is 66.4 Å². The van der Waals surface area contributed by atoms with E-state index in [1.165, 1.54) is 4.80 Å². The van der Waals surface area contributed by atoms with Crippen molar-refractivity contribution < 1.29 is 9.53 Å². The molecule has 7 nitrogen and oxygen atoms in total. The lowest BCUT2D eigenvalue weighted by Crippen LogP contribution is -2.34. The zero-order valence-corrected chi connectivity index (χ0v) is 15.9. The lowest BCUT2D eigenvalue weighted by Gasteiger charge is -2.25. The number of carbonyl (C=O) groups is 1. The molecule has 1 amide bonds. The van der Waals surface area contributed by atoms with Crippen LogP contribution in [0.15, 0.2) is 54.6 Å². The van der Waals surface area contributed by atoms with Crippen LogP contribution >= 0.6 is 0 Å². The molecule has 4 rings (SSSR count). The number of benzene rings is 2. The summed E-state index contributed by atoms with van der Waals surface area (Å²) in [6, 6.07) is 17.7. The second-order valence-corrected chi connectivity index (χ2v) is 6.76. The summed E-state index contributed by atoms with van der Waals surface area (Å²) < 4.78 is 5.51. The van der Waals surface area contributed by atoms with Gasteiger partial charge in [0, 0.05) is 12.1 Å². The number of amides is 1. The van der Waals surface area contributed by atoms with Crippen molar-refractivity contribution in [1.29, 1.82) is 0 Å². The molecule has 3 aromatic rings. The first-order valence-corrected chi connectivity index (χ1v) is 9.60. The van der Waals surface area contributed by atoms with Crippen molar-refractivity contribution in [2.45, 2.75) is 32.4 Å². The molecule has 0 aliphatic carbocycles. The summed E-state index contributed by atoms with van der Waals surface area (Å²) in [5.41, 5.74) is 2.01. The SMILES string of the molecule is CCOc1ccc([C@@H]2CCCN2C(=O)Cn2nnc(-c3ccccc3)n2)cc1. The summed E-state index contributed by atoms with van der Waals surface area (Å²) in [5.74, 6) is 1.38. The summed E-state index contributed by atoms with van der Waals surface area (Å²) in [7, 11) is 0. The average Bonchev–Trinajstić information content (AvgIpc) is 3.39. The lowest BCUT2D eigenvalue weighted by molar-refractivity contribution is -0.133. The van der Waals surface area contributed by atoms with Crippen molar-refractivity contribution >= 4 is 5.91 Å². The Labute approximate surface area is 163 Å². The van der Waals surface area contributed by atoms with Crippen LogP contribution in [0.25, 0.3) is 11.4 Å². The van der Waals surface area contributed by atoms with Crippen LogP contribution in [0.3, 0.4) is 0 Å². The highest BCUT2D eigenvalue weighted by molar-refractivity contribution is 5.76. The van der Waals surface area contributed by atoms with Crippen molar-refractivity contribution in [1.82, 2.24) is 25.1 Å². The third-order valence-electron chi connectivity index (χ3n) is 4.91. The highest BCUT2D eigenvalue weighted by atomic mass is 16.5. The zero-order valence-electron chi connectivity index (χ0n) is 15.9. The van der Waals surface area contributed by atoms with Crippen LogP contribution in [-0.4, -0.2) is 44.2 Å². The van der Waals surface area contributed by atoms with E-state index in [2.05, 4.69) is 15.4 Å². The molecule has 0 bridgehead atoms. The predicted octanol–water partition coefficient (Wildman–Crippen LogP) is 3.10. The molecule has 2 heterocycles. The Morgan fingerprint density at radius 2 is 1.93 bits per heavy atom. The van der Waals surface area contributed by atoms with E-state index in [4.69, 9.17) is 4.74 Å². The van der Waals surface area contributed by atoms with Crippen molar-refractivity contribution in [3.05, 3.63) is 60.2 Å². The predicted molar refractivity (Wildman–Crippen MR) is 105 cm³/mol. The van der Waals surface area contributed by atoms with Gasteiger partial charge in [-0.25, -0.2) is 0 Å². The van der Waals surface area contributed by atoms with E-state index >= 15 is 0 Å². The number of tetrazole rings is 1. The minimum Gasteiger partial charge on any atom is -0.494 e. The first-order chi connectivity index (χ1) is 13.7. The Balaban J connectivity index is 1.44. The number of aromatic nitrogens is 4. The van der Waals surface area contributed by atoms with E-state index in [9.17, 15) is 4.79 Å². The van der Waals surface area contributed by atoms with Gasteiger partial charge in [0.25, 0.3) is 0 Å². The first-order valence-electron chi connectivity index (χ1n) is 9.60. The number of hydrogen-bond acceptors (Lipinski definition) is 5. The minimum atomic E-state index is 0.00777. The van der Waals surface area contributed by atoms with Gasteiger partial charge in [0.1, 0.15) is 12.3 Å². The second kappa shape index (κ2) is 8.21. The number of rotatable bonds is 6. The third-order valence-corrected chi connectivity index (χ3v) is 4.91. The smallest absolute Gasteiger partial charge is 0.246 e. The summed E-state index contributed by atoms with van der Waals surface area (Å²) in [6.07, 6.45) is 1.95.